The van der Waals surface area contributed by atoms with Gasteiger partial charge in [-0.25, -0.2) is 4.98 Å². The summed E-state index contributed by atoms with van der Waals surface area (Å²) in [6, 6.07) is 3.64. The van der Waals surface area contributed by atoms with Crippen molar-refractivity contribution in [3.05, 3.63) is 35.4 Å². The first-order chi connectivity index (χ1) is 5.81. The molecular formula is C8H4ClN3. The summed E-state index contributed by atoms with van der Waals surface area (Å²) >= 11 is 5.87. The molecule has 2 aromatic rings. The summed E-state index contributed by atoms with van der Waals surface area (Å²) in [5.41, 5.74) is 1.35. The van der Waals surface area contributed by atoms with Crippen LogP contribution in [-0.4, -0.2) is 9.38 Å². The van der Waals surface area contributed by atoms with Gasteiger partial charge in [-0.3, -0.25) is 0 Å². The summed E-state index contributed by atoms with van der Waals surface area (Å²) in [7, 11) is 0. The first-order valence-corrected chi connectivity index (χ1v) is 3.70. The van der Waals surface area contributed by atoms with Crippen LogP contribution in [-0.2, 0) is 0 Å². The number of hydrogen-bond donors (Lipinski definition) is 0. The lowest BCUT2D eigenvalue weighted by Crippen LogP contribution is -1.85. The van der Waals surface area contributed by atoms with Crippen molar-refractivity contribution >= 4 is 17.1 Å². The first kappa shape index (κ1) is 7.14. The van der Waals surface area contributed by atoms with E-state index in [1.165, 1.54) is 0 Å². The molecule has 0 saturated heterocycles. The molecule has 2 heterocycles. The summed E-state index contributed by atoms with van der Waals surface area (Å²) in [6.07, 6.45) is 4.96. The van der Waals surface area contributed by atoms with Gasteiger partial charge >= 0.3 is 0 Å². The molecule has 0 N–H and O–H groups in total. The van der Waals surface area contributed by atoms with Crippen LogP contribution in [0.15, 0.2) is 24.8 Å². The minimum atomic E-state index is 0.533. The fourth-order valence-corrected chi connectivity index (χ4v) is 1.32. The SMILES string of the molecule is N#Cc1cc(Cl)c2cncn2c1. The van der Waals surface area contributed by atoms with Crippen LogP contribution in [0.1, 0.15) is 5.56 Å². The zero-order valence-electron chi connectivity index (χ0n) is 6.03. The molecule has 0 amide bonds. The summed E-state index contributed by atoms with van der Waals surface area (Å²) in [5, 5.41) is 9.16. The Hall–Kier alpha value is -1.53. The van der Waals surface area contributed by atoms with E-state index in [-0.39, 0.29) is 0 Å². The number of hydrogen-bond acceptors (Lipinski definition) is 2. The number of rotatable bonds is 0. The largest absolute Gasteiger partial charge is 0.304 e. The van der Waals surface area contributed by atoms with Crippen molar-refractivity contribution in [3.8, 4) is 6.07 Å². The zero-order chi connectivity index (χ0) is 8.55. The van der Waals surface area contributed by atoms with Gasteiger partial charge in [0.05, 0.1) is 28.6 Å². The highest BCUT2D eigenvalue weighted by atomic mass is 35.5. The van der Waals surface area contributed by atoms with E-state index in [0.29, 0.717) is 10.6 Å². The molecule has 0 spiro atoms. The molecule has 0 atom stereocenters. The Labute approximate surface area is 73.8 Å². The minimum Gasteiger partial charge on any atom is -0.304 e. The van der Waals surface area contributed by atoms with E-state index in [4.69, 9.17) is 16.9 Å². The van der Waals surface area contributed by atoms with Gasteiger partial charge in [0.15, 0.2) is 0 Å². The normalized spacial score (nSPS) is 10.0. The van der Waals surface area contributed by atoms with Gasteiger partial charge in [-0.1, -0.05) is 11.6 Å². The quantitative estimate of drug-likeness (QED) is 0.616. The van der Waals surface area contributed by atoms with Crippen LogP contribution in [0.5, 0.6) is 0 Å². The molecule has 0 aliphatic heterocycles. The number of halogens is 1. The van der Waals surface area contributed by atoms with Crippen molar-refractivity contribution in [1.82, 2.24) is 9.38 Å². The van der Waals surface area contributed by atoms with Gasteiger partial charge in [0.2, 0.25) is 0 Å². The monoisotopic (exact) mass is 177 g/mol. The van der Waals surface area contributed by atoms with E-state index in [2.05, 4.69) is 4.98 Å². The minimum absolute atomic E-state index is 0.533. The molecule has 0 radical (unpaired) electrons. The van der Waals surface area contributed by atoms with E-state index < -0.39 is 0 Å². The van der Waals surface area contributed by atoms with Crippen LogP contribution >= 0.6 is 11.6 Å². The first-order valence-electron chi connectivity index (χ1n) is 3.32. The Kier molecular flexibility index (Phi) is 1.49. The van der Waals surface area contributed by atoms with E-state index in [1.807, 2.05) is 6.07 Å². The molecule has 4 heteroatoms. The smallest absolute Gasteiger partial charge is 0.101 e. The molecule has 2 rings (SSSR count). The van der Waals surface area contributed by atoms with Crippen molar-refractivity contribution in [3.63, 3.8) is 0 Å². The fraction of sp³-hybridized carbons (Fsp3) is 0. The van der Waals surface area contributed by atoms with E-state index in [1.54, 1.807) is 29.2 Å². The molecule has 0 aliphatic rings. The Morgan fingerprint density at radius 2 is 2.42 bits per heavy atom. The molecule has 2 aromatic heterocycles. The molecule has 0 saturated carbocycles. The van der Waals surface area contributed by atoms with Crippen molar-refractivity contribution in [1.29, 1.82) is 5.26 Å². The predicted molar refractivity (Wildman–Crippen MR) is 44.9 cm³/mol. The Bertz CT molecular complexity index is 467. The Morgan fingerprint density at radius 1 is 1.58 bits per heavy atom. The van der Waals surface area contributed by atoms with Gasteiger partial charge in [0.25, 0.3) is 0 Å². The van der Waals surface area contributed by atoms with Crippen LogP contribution < -0.4 is 0 Å². The Balaban J connectivity index is 2.86. The summed E-state index contributed by atoms with van der Waals surface area (Å²) < 4.78 is 1.72. The number of nitriles is 1. The molecule has 0 aliphatic carbocycles. The van der Waals surface area contributed by atoms with E-state index in [9.17, 15) is 0 Å². The fourth-order valence-electron chi connectivity index (χ4n) is 1.05. The number of pyridine rings is 1. The lowest BCUT2D eigenvalue weighted by Gasteiger charge is -1.96. The van der Waals surface area contributed by atoms with Crippen LogP contribution in [0.2, 0.25) is 5.02 Å². The molecule has 12 heavy (non-hydrogen) atoms. The summed E-state index contributed by atoms with van der Waals surface area (Å²) in [5.74, 6) is 0. The van der Waals surface area contributed by atoms with Crippen molar-refractivity contribution in [2.24, 2.45) is 0 Å². The summed E-state index contributed by atoms with van der Waals surface area (Å²) in [4.78, 5) is 3.91. The van der Waals surface area contributed by atoms with Gasteiger partial charge in [-0.05, 0) is 6.07 Å². The summed E-state index contributed by atoms with van der Waals surface area (Å²) in [6.45, 7) is 0. The molecule has 0 fully saturated rings. The highest BCUT2D eigenvalue weighted by Gasteiger charge is 2.00. The second-order valence-electron chi connectivity index (χ2n) is 2.37. The maximum atomic E-state index is 8.62. The van der Waals surface area contributed by atoms with E-state index >= 15 is 0 Å². The van der Waals surface area contributed by atoms with Crippen molar-refractivity contribution in [2.45, 2.75) is 0 Å². The molecule has 3 nitrogen and oxygen atoms in total. The van der Waals surface area contributed by atoms with E-state index in [0.717, 1.165) is 5.52 Å². The van der Waals surface area contributed by atoms with Gasteiger partial charge in [-0.15, -0.1) is 0 Å². The van der Waals surface area contributed by atoms with Crippen LogP contribution in [0.4, 0.5) is 0 Å². The van der Waals surface area contributed by atoms with Gasteiger partial charge in [0, 0.05) is 6.20 Å². The van der Waals surface area contributed by atoms with Gasteiger partial charge in [0.1, 0.15) is 6.07 Å². The van der Waals surface area contributed by atoms with Gasteiger partial charge in [-0.2, -0.15) is 5.26 Å². The average Bonchev–Trinajstić information content (AvgIpc) is 2.52. The van der Waals surface area contributed by atoms with Crippen molar-refractivity contribution < 1.29 is 0 Å². The molecule has 0 bridgehead atoms. The van der Waals surface area contributed by atoms with Crippen LogP contribution in [0.3, 0.4) is 0 Å². The number of fused-ring (bicyclic) bond motifs is 1. The highest BCUT2D eigenvalue weighted by molar-refractivity contribution is 6.33. The second-order valence-corrected chi connectivity index (χ2v) is 2.78. The topological polar surface area (TPSA) is 41.1 Å². The molecular weight excluding hydrogens is 174 g/mol. The third kappa shape index (κ3) is 0.936. The van der Waals surface area contributed by atoms with Crippen molar-refractivity contribution in [2.75, 3.05) is 0 Å². The maximum Gasteiger partial charge on any atom is 0.101 e. The standard InChI is InChI=1S/C8H4ClN3/c9-7-1-6(2-10)4-12-5-11-3-8(7)12/h1,3-5H. The third-order valence-electron chi connectivity index (χ3n) is 1.60. The van der Waals surface area contributed by atoms with Crippen LogP contribution in [0.25, 0.3) is 5.52 Å². The highest BCUT2D eigenvalue weighted by Crippen LogP contribution is 2.17. The lowest BCUT2D eigenvalue weighted by atomic mass is 10.3. The van der Waals surface area contributed by atoms with Gasteiger partial charge < -0.3 is 4.40 Å². The third-order valence-corrected chi connectivity index (χ3v) is 1.90. The molecule has 58 valence electrons. The molecule has 0 aromatic carbocycles. The number of nitrogens with zero attached hydrogens (tertiary/aromatic N) is 3. The Morgan fingerprint density at radius 3 is 3.17 bits per heavy atom. The maximum absolute atomic E-state index is 8.62. The lowest BCUT2D eigenvalue weighted by molar-refractivity contribution is 1.15. The van der Waals surface area contributed by atoms with Crippen LogP contribution in [0, 0.1) is 11.3 Å². The molecule has 0 unspecified atom stereocenters. The number of aromatic nitrogens is 2. The number of imidazole rings is 1. The second kappa shape index (κ2) is 2.50. The predicted octanol–water partition coefficient (Wildman–Crippen LogP) is 1.86. The average molecular weight is 178 g/mol. The zero-order valence-corrected chi connectivity index (χ0v) is 6.78.